The molecular formula is C15H22ClF3N2O. The number of nitrogens with one attached hydrogen (secondary N) is 1. The minimum Gasteiger partial charge on any atom is -0.344 e. The summed E-state index contributed by atoms with van der Waals surface area (Å²) in [4.78, 5) is 13.6. The zero-order chi connectivity index (χ0) is 16.0. The standard InChI is InChI=1S/C15H21F3N2O.ClH/c1-11(10-14(21)20(3)9-8-19-2)12-4-6-13(7-5-12)15(16,17)18;/h4-7,11,19H,8-10H2,1-3H3;1H. The number of hydrogen-bond donors (Lipinski definition) is 1. The molecule has 1 atom stereocenters. The Hall–Kier alpha value is -1.27. The van der Waals surface area contributed by atoms with Gasteiger partial charge in [-0.3, -0.25) is 4.79 Å². The molecule has 0 saturated heterocycles. The molecule has 0 aliphatic rings. The third kappa shape index (κ3) is 6.23. The molecule has 1 aromatic rings. The zero-order valence-corrected chi connectivity index (χ0v) is 13.7. The number of carbonyl (C=O) groups is 1. The number of amides is 1. The molecule has 126 valence electrons. The van der Waals surface area contributed by atoms with Crippen molar-refractivity contribution in [3.8, 4) is 0 Å². The van der Waals surface area contributed by atoms with Gasteiger partial charge in [0, 0.05) is 26.6 Å². The molecule has 0 aromatic heterocycles. The maximum Gasteiger partial charge on any atom is 0.416 e. The fourth-order valence-corrected chi connectivity index (χ4v) is 1.94. The van der Waals surface area contributed by atoms with Crippen LogP contribution in [0, 0.1) is 0 Å². The maximum absolute atomic E-state index is 12.5. The zero-order valence-electron chi connectivity index (χ0n) is 12.9. The Balaban J connectivity index is 0.00000441. The van der Waals surface area contributed by atoms with Crippen molar-refractivity contribution in [2.75, 3.05) is 27.2 Å². The fourth-order valence-electron chi connectivity index (χ4n) is 1.94. The second-order valence-corrected chi connectivity index (χ2v) is 5.14. The van der Waals surface area contributed by atoms with Gasteiger partial charge in [0.05, 0.1) is 5.56 Å². The van der Waals surface area contributed by atoms with Crippen LogP contribution in [-0.2, 0) is 11.0 Å². The smallest absolute Gasteiger partial charge is 0.344 e. The van der Waals surface area contributed by atoms with Crippen LogP contribution in [-0.4, -0.2) is 38.0 Å². The maximum atomic E-state index is 12.5. The third-order valence-corrected chi connectivity index (χ3v) is 3.41. The molecule has 1 amide bonds. The number of carbonyl (C=O) groups excluding carboxylic acids is 1. The van der Waals surface area contributed by atoms with Crippen LogP contribution in [0.1, 0.15) is 30.4 Å². The van der Waals surface area contributed by atoms with Crippen molar-refractivity contribution in [2.45, 2.75) is 25.4 Å². The first kappa shape index (κ1) is 20.7. The van der Waals surface area contributed by atoms with E-state index < -0.39 is 11.7 Å². The van der Waals surface area contributed by atoms with Crippen molar-refractivity contribution in [3.63, 3.8) is 0 Å². The molecule has 1 aromatic carbocycles. The quantitative estimate of drug-likeness (QED) is 0.863. The lowest BCUT2D eigenvalue weighted by atomic mass is 9.96. The van der Waals surface area contributed by atoms with E-state index in [1.165, 1.54) is 12.1 Å². The van der Waals surface area contributed by atoms with Gasteiger partial charge in [-0.2, -0.15) is 13.2 Å². The van der Waals surface area contributed by atoms with Crippen LogP contribution in [0.3, 0.4) is 0 Å². The van der Waals surface area contributed by atoms with E-state index in [9.17, 15) is 18.0 Å². The third-order valence-electron chi connectivity index (χ3n) is 3.41. The molecule has 7 heteroatoms. The van der Waals surface area contributed by atoms with E-state index in [1.54, 1.807) is 11.9 Å². The van der Waals surface area contributed by atoms with Crippen LogP contribution in [0.15, 0.2) is 24.3 Å². The molecule has 22 heavy (non-hydrogen) atoms. The Morgan fingerprint density at radius 2 is 1.82 bits per heavy atom. The van der Waals surface area contributed by atoms with Crippen molar-refractivity contribution in [1.82, 2.24) is 10.2 Å². The van der Waals surface area contributed by atoms with Gasteiger partial charge in [0.2, 0.25) is 5.91 Å². The van der Waals surface area contributed by atoms with E-state index in [4.69, 9.17) is 0 Å². The molecule has 0 radical (unpaired) electrons. The first-order valence-electron chi connectivity index (χ1n) is 6.81. The second-order valence-electron chi connectivity index (χ2n) is 5.14. The van der Waals surface area contributed by atoms with E-state index in [0.717, 1.165) is 17.7 Å². The average Bonchev–Trinajstić information content (AvgIpc) is 2.43. The fraction of sp³-hybridized carbons (Fsp3) is 0.533. The lowest BCUT2D eigenvalue weighted by Gasteiger charge is -2.20. The number of benzene rings is 1. The monoisotopic (exact) mass is 338 g/mol. The normalized spacial score (nSPS) is 12.5. The van der Waals surface area contributed by atoms with Crippen LogP contribution in [0.2, 0.25) is 0 Å². The van der Waals surface area contributed by atoms with E-state index in [2.05, 4.69) is 5.32 Å². The number of nitrogens with zero attached hydrogens (tertiary/aromatic N) is 1. The highest BCUT2D eigenvalue weighted by molar-refractivity contribution is 5.85. The molecule has 1 rings (SSSR count). The van der Waals surface area contributed by atoms with Crippen LogP contribution in [0.25, 0.3) is 0 Å². The first-order chi connectivity index (χ1) is 9.75. The van der Waals surface area contributed by atoms with E-state index >= 15 is 0 Å². The Kier molecular flexibility index (Phi) is 8.48. The summed E-state index contributed by atoms with van der Waals surface area (Å²) in [6.45, 7) is 3.15. The van der Waals surface area contributed by atoms with Crippen LogP contribution >= 0.6 is 12.4 Å². The molecule has 0 saturated carbocycles. The Morgan fingerprint density at radius 1 is 1.27 bits per heavy atom. The summed E-state index contributed by atoms with van der Waals surface area (Å²) in [6.07, 6.45) is -4.05. The summed E-state index contributed by atoms with van der Waals surface area (Å²) in [6, 6.07) is 4.99. The Morgan fingerprint density at radius 3 is 2.27 bits per heavy atom. The first-order valence-corrected chi connectivity index (χ1v) is 6.81. The highest BCUT2D eigenvalue weighted by atomic mass is 35.5. The highest BCUT2D eigenvalue weighted by Crippen LogP contribution is 2.30. The summed E-state index contributed by atoms with van der Waals surface area (Å²) < 4.78 is 37.5. The van der Waals surface area contributed by atoms with Crippen LogP contribution in [0.5, 0.6) is 0 Å². The molecule has 1 N–H and O–H groups in total. The lowest BCUT2D eigenvalue weighted by Crippen LogP contribution is -2.33. The van der Waals surface area contributed by atoms with Crippen molar-refractivity contribution in [2.24, 2.45) is 0 Å². The van der Waals surface area contributed by atoms with E-state index in [1.807, 2.05) is 14.0 Å². The average molecular weight is 339 g/mol. The number of hydrogen-bond acceptors (Lipinski definition) is 2. The van der Waals surface area contributed by atoms with Gasteiger partial charge in [0.25, 0.3) is 0 Å². The Bertz CT molecular complexity index is 463. The van der Waals surface area contributed by atoms with Gasteiger partial charge in [0.15, 0.2) is 0 Å². The minimum atomic E-state index is -4.33. The second kappa shape index (κ2) is 9.00. The highest BCUT2D eigenvalue weighted by Gasteiger charge is 2.30. The summed E-state index contributed by atoms with van der Waals surface area (Å²) in [5, 5.41) is 2.96. The number of likely N-dealkylation sites (N-methyl/N-ethyl adjacent to an activating group) is 2. The number of halogens is 4. The van der Waals surface area contributed by atoms with Gasteiger partial charge < -0.3 is 10.2 Å². The molecule has 0 bridgehead atoms. The summed E-state index contributed by atoms with van der Waals surface area (Å²) >= 11 is 0. The minimum absolute atomic E-state index is 0. The van der Waals surface area contributed by atoms with E-state index in [-0.39, 0.29) is 30.7 Å². The molecule has 1 unspecified atom stereocenters. The summed E-state index contributed by atoms with van der Waals surface area (Å²) in [7, 11) is 3.53. The van der Waals surface area contributed by atoms with Gasteiger partial charge in [0.1, 0.15) is 0 Å². The summed E-state index contributed by atoms with van der Waals surface area (Å²) in [5.74, 6) is -0.130. The van der Waals surface area contributed by atoms with Gasteiger partial charge in [-0.1, -0.05) is 19.1 Å². The SMILES string of the molecule is CNCCN(C)C(=O)CC(C)c1ccc(C(F)(F)F)cc1.Cl. The molecule has 0 aliphatic carbocycles. The Labute approximate surface area is 135 Å². The van der Waals surface area contributed by atoms with Crippen molar-refractivity contribution >= 4 is 18.3 Å². The van der Waals surface area contributed by atoms with Gasteiger partial charge in [-0.25, -0.2) is 0 Å². The summed E-state index contributed by atoms with van der Waals surface area (Å²) in [5.41, 5.74) is 0.0641. The predicted molar refractivity (Wildman–Crippen MR) is 83.3 cm³/mol. The predicted octanol–water partition coefficient (Wildman–Crippen LogP) is 3.30. The van der Waals surface area contributed by atoms with Gasteiger partial charge in [-0.15, -0.1) is 12.4 Å². The number of rotatable bonds is 6. The molecule has 3 nitrogen and oxygen atoms in total. The molecule has 0 aliphatic heterocycles. The number of alkyl halides is 3. The van der Waals surface area contributed by atoms with Gasteiger partial charge >= 0.3 is 6.18 Å². The van der Waals surface area contributed by atoms with Crippen molar-refractivity contribution in [1.29, 1.82) is 0 Å². The molecule has 0 spiro atoms. The molecule has 0 fully saturated rings. The van der Waals surface area contributed by atoms with Crippen LogP contribution in [0.4, 0.5) is 13.2 Å². The largest absolute Gasteiger partial charge is 0.416 e. The molecule has 0 heterocycles. The van der Waals surface area contributed by atoms with Crippen LogP contribution < -0.4 is 5.32 Å². The van der Waals surface area contributed by atoms with Crippen molar-refractivity contribution < 1.29 is 18.0 Å². The molecular weight excluding hydrogens is 317 g/mol. The lowest BCUT2D eigenvalue weighted by molar-refractivity contribution is -0.137. The van der Waals surface area contributed by atoms with E-state index in [0.29, 0.717) is 13.1 Å². The van der Waals surface area contributed by atoms with Crippen molar-refractivity contribution in [3.05, 3.63) is 35.4 Å². The topological polar surface area (TPSA) is 32.3 Å². The van der Waals surface area contributed by atoms with Gasteiger partial charge in [-0.05, 0) is 30.7 Å².